The molecule has 31 heavy (non-hydrogen) atoms. The van der Waals surface area contributed by atoms with Crippen molar-refractivity contribution >= 4 is 29.0 Å². The molecule has 2 aromatic rings. The van der Waals surface area contributed by atoms with Crippen molar-refractivity contribution in [2.45, 2.75) is 45.6 Å². The van der Waals surface area contributed by atoms with Crippen LogP contribution in [0.15, 0.2) is 47.5 Å². The Morgan fingerprint density at radius 2 is 1.84 bits per heavy atom. The van der Waals surface area contributed by atoms with Crippen molar-refractivity contribution in [1.29, 1.82) is 0 Å². The van der Waals surface area contributed by atoms with Crippen LogP contribution in [0.25, 0.3) is 0 Å². The number of amides is 2. The molecule has 0 radical (unpaired) electrons. The van der Waals surface area contributed by atoms with E-state index in [2.05, 4.69) is 31.1 Å². The van der Waals surface area contributed by atoms with E-state index in [9.17, 15) is 14.7 Å². The maximum Gasteiger partial charge on any atom is 0.227 e. The Hall–Kier alpha value is -3.19. The highest BCUT2D eigenvalue weighted by molar-refractivity contribution is 6.02. The lowest BCUT2D eigenvalue weighted by atomic mass is 9.87. The first-order valence-corrected chi connectivity index (χ1v) is 10.4. The van der Waals surface area contributed by atoms with Crippen molar-refractivity contribution in [3.8, 4) is 0 Å². The molecule has 0 fully saturated rings. The number of aliphatic hydroxyl groups excluding tert-OH is 1. The van der Waals surface area contributed by atoms with Crippen LogP contribution in [0.3, 0.4) is 0 Å². The number of carbonyl (C=O) groups is 2. The number of amidine groups is 1. The third-order valence-electron chi connectivity index (χ3n) is 5.32. The van der Waals surface area contributed by atoms with E-state index < -0.39 is 0 Å². The lowest BCUT2D eigenvalue weighted by molar-refractivity contribution is -0.122. The van der Waals surface area contributed by atoms with Gasteiger partial charge in [0.05, 0.1) is 13.2 Å². The molecule has 4 N–H and O–H groups in total. The van der Waals surface area contributed by atoms with Crippen LogP contribution in [0.1, 0.15) is 50.3 Å². The van der Waals surface area contributed by atoms with Gasteiger partial charge < -0.3 is 21.1 Å². The number of aliphatic imine (C=N–C) groups is 1. The minimum Gasteiger partial charge on any atom is -0.395 e. The lowest BCUT2D eigenvalue weighted by Crippen LogP contribution is -2.34. The van der Waals surface area contributed by atoms with E-state index in [1.165, 1.54) is 4.90 Å². The van der Waals surface area contributed by atoms with Gasteiger partial charge in [0.25, 0.3) is 0 Å². The van der Waals surface area contributed by atoms with E-state index in [0.29, 0.717) is 23.8 Å². The van der Waals surface area contributed by atoms with Gasteiger partial charge in [-0.25, -0.2) is 0 Å². The minimum absolute atomic E-state index is 0.0117. The lowest BCUT2D eigenvalue weighted by Gasteiger charge is -2.24. The van der Waals surface area contributed by atoms with Gasteiger partial charge in [-0.15, -0.1) is 0 Å². The Balaban J connectivity index is 1.59. The number of nitrogens with zero attached hydrogens (tertiary/aromatic N) is 2. The molecule has 0 saturated carbocycles. The van der Waals surface area contributed by atoms with Crippen LogP contribution in [0.2, 0.25) is 0 Å². The van der Waals surface area contributed by atoms with E-state index >= 15 is 0 Å². The quantitative estimate of drug-likeness (QED) is 0.637. The van der Waals surface area contributed by atoms with Crippen LogP contribution >= 0.6 is 0 Å². The molecule has 1 heterocycles. The summed E-state index contributed by atoms with van der Waals surface area (Å²) in [5.41, 5.74) is 10.2. The predicted octanol–water partition coefficient (Wildman–Crippen LogP) is 2.95. The number of benzene rings is 2. The van der Waals surface area contributed by atoms with Gasteiger partial charge >= 0.3 is 0 Å². The monoisotopic (exact) mass is 422 g/mol. The average Bonchev–Trinajstić information content (AvgIpc) is 3.10. The van der Waals surface area contributed by atoms with Gasteiger partial charge in [-0.3, -0.25) is 14.6 Å². The van der Waals surface area contributed by atoms with Crippen molar-refractivity contribution in [3.63, 3.8) is 0 Å². The smallest absolute Gasteiger partial charge is 0.227 e. The van der Waals surface area contributed by atoms with Crippen LogP contribution in [-0.2, 0) is 21.5 Å². The second kappa shape index (κ2) is 9.31. The Morgan fingerprint density at radius 3 is 2.48 bits per heavy atom. The van der Waals surface area contributed by atoms with E-state index in [1.54, 1.807) is 6.07 Å². The van der Waals surface area contributed by atoms with Crippen molar-refractivity contribution in [1.82, 2.24) is 0 Å². The zero-order chi connectivity index (χ0) is 22.6. The van der Waals surface area contributed by atoms with E-state index in [1.807, 2.05) is 36.4 Å². The first kappa shape index (κ1) is 22.5. The molecule has 164 valence electrons. The highest BCUT2D eigenvalue weighted by atomic mass is 16.3. The minimum atomic E-state index is -0.243. The number of hydrogen-bond acceptors (Lipinski definition) is 5. The summed E-state index contributed by atoms with van der Waals surface area (Å²) in [4.78, 5) is 30.8. The molecule has 3 rings (SSSR count). The summed E-state index contributed by atoms with van der Waals surface area (Å²) in [5.74, 6) is 0.0630. The first-order chi connectivity index (χ1) is 14.7. The van der Waals surface area contributed by atoms with Gasteiger partial charge in [0.15, 0.2) is 0 Å². The number of rotatable bonds is 7. The fraction of sp³-hybridized carbons (Fsp3) is 0.375. The molecule has 7 heteroatoms. The molecule has 0 aliphatic carbocycles. The van der Waals surface area contributed by atoms with E-state index in [-0.39, 0.29) is 43.2 Å². The second-order valence-corrected chi connectivity index (χ2v) is 8.69. The molecule has 0 aromatic heterocycles. The highest BCUT2D eigenvalue weighted by Gasteiger charge is 2.19. The summed E-state index contributed by atoms with van der Waals surface area (Å²) in [6.07, 6.45) is 0.102. The average molecular weight is 423 g/mol. The number of anilines is 2. The molecule has 2 amide bonds. The van der Waals surface area contributed by atoms with E-state index in [0.717, 1.165) is 16.7 Å². The van der Waals surface area contributed by atoms with Gasteiger partial charge in [0.1, 0.15) is 5.84 Å². The number of nitrogens with one attached hydrogen (secondary N) is 1. The van der Waals surface area contributed by atoms with Crippen molar-refractivity contribution in [2.24, 2.45) is 10.7 Å². The number of carbonyl (C=O) groups excluding carboxylic acids is 2. The van der Waals surface area contributed by atoms with Gasteiger partial charge in [0, 0.05) is 36.3 Å². The maximum absolute atomic E-state index is 12.8. The Bertz CT molecular complexity index is 991. The van der Waals surface area contributed by atoms with E-state index in [4.69, 9.17) is 5.73 Å². The van der Waals surface area contributed by atoms with Crippen molar-refractivity contribution < 1.29 is 14.7 Å². The Labute approximate surface area is 183 Å². The van der Waals surface area contributed by atoms with Crippen LogP contribution in [-0.4, -0.2) is 35.9 Å². The first-order valence-electron chi connectivity index (χ1n) is 10.4. The van der Waals surface area contributed by atoms with Gasteiger partial charge in [-0.2, -0.15) is 0 Å². The third-order valence-corrected chi connectivity index (χ3v) is 5.32. The zero-order valence-corrected chi connectivity index (χ0v) is 18.3. The zero-order valence-electron chi connectivity index (χ0n) is 18.3. The molecule has 1 aliphatic rings. The Kier molecular flexibility index (Phi) is 6.75. The van der Waals surface area contributed by atoms with Crippen molar-refractivity contribution in [2.75, 3.05) is 23.4 Å². The molecule has 0 saturated heterocycles. The van der Waals surface area contributed by atoms with Gasteiger partial charge in [-0.1, -0.05) is 32.9 Å². The summed E-state index contributed by atoms with van der Waals surface area (Å²) < 4.78 is 0. The molecule has 0 unspecified atom stereocenters. The summed E-state index contributed by atoms with van der Waals surface area (Å²) >= 11 is 0. The summed E-state index contributed by atoms with van der Waals surface area (Å²) in [6, 6.07) is 13.2. The Morgan fingerprint density at radius 1 is 1.13 bits per heavy atom. The molecule has 1 aliphatic heterocycles. The normalized spacial score (nSPS) is 12.8. The van der Waals surface area contributed by atoms with Crippen LogP contribution in [0.5, 0.6) is 0 Å². The fourth-order valence-electron chi connectivity index (χ4n) is 3.53. The second-order valence-electron chi connectivity index (χ2n) is 8.69. The highest BCUT2D eigenvalue weighted by Crippen LogP contribution is 2.25. The number of fused-ring (bicyclic) bond motifs is 1. The SMILES string of the molecule is CC(C)(C)c1ccc(N(CCO)C(=O)CCC(=O)Nc2ccc3c(c2)CN=C3N)cc1. The standard InChI is InChI=1S/C24H30N4O3/c1-24(2,3)17-4-7-19(8-5-17)28(12-13-29)22(31)11-10-21(30)27-18-6-9-20-16(14-18)15-26-23(20)25/h4-9,14,29H,10-13,15H2,1-3H3,(H2,25,26)(H,27,30). The molecule has 7 nitrogen and oxygen atoms in total. The predicted molar refractivity (Wildman–Crippen MR) is 123 cm³/mol. The maximum atomic E-state index is 12.8. The van der Waals surface area contributed by atoms with Crippen LogP contribution < -0.4 is 16.0 Å². The number of aliphatic hydroxyl groups is 1. The third kappa shape index (κ3) is 5.49. The molecule has 2 aromatic carbocycles. The van der Waals surface area contributed by atoms with Crippen LogP contribution in [0.4, 0.5) is 11.4 Å². The van der Waals surface area contributed by atoms with Gasteiger partial charge in [-0.05, 0) is 46.9 Å². The molecule has 0 spiro atoms. The number of hydrogen-bond donors (Lipinski definition) is 3. The van der Waals surface area contributed by atoms with Crippen molar-refractivity contribution in [3.05, 3.63) is 59.2 Å². The van der Waals surface area contributed by atoms with Crippen LogP contribution in [0, 0.1) is 0 Å². The topological polar surface area (TPSA) is 108 Å². The molecule has 0 atom stereocenters. The molecule has 0 bridgehead atoms. The molecular weight excluding hydrogens is 392 g/mol. The largest absolute Gasteiger partial charge is 0.395 e. The summed E-state index contributed by atoms with van der Waals surface area (Å²) in [7, 11) is 0. The summed E-state index contributed by atoms with van der Waals surface area (Å²) in [5, 5.41) is 12.2. The fourth-order valence-corrected chi connectivity index (χ4v) is 3.53. The van der Waals surface area contributed by atoms with Gasteiger partial charge in [0.2, 0.25) is 11.8 Å². The summed E-state index contributed by atoms with van der Waals surface area (Å²) in [6.45, 7) is 6.91. The molecular formula is C24H30N4O3. The number of nitrogens with two attached hydrogens (primary N) is 1.